The van der Waals surface area contributed by atoms with Crippen molar-refractivity contribution in [3.63, 3.8) is 0 Å². The average molecular weight is 573 g/mol. The first-order valence-electron chi connectivity index (χ1n) is 12.0. The Morgan fingerprint density at radius 2 is 1.68 bits per heavy atom. The highest BCUT2D eigenvalue weighted by Crippen LogP contribution is 2.29. The molecule has 4 rings (SSSR count). The van der Waals surface area contributed by atoms with Crippen molar-refractivity contribution in [3.8, 4) is 5.75 Å². The highest BCUT2D eigenvalue weighted by atomic mass is 127. The van der Waals surface area contributed by atoms with Gasteiger partial charge in [-0.15, -0.1) is 0 Å². The van der Waals surface area contributed by atoms with E-state index in [1.54, 1.807) is 7.11 Å². The molecular weight excluding hydrogens is 535 g/mol. The maximum Gasteiger partial charge on any atom is 0.214 e. The minimum atomic E-state index is 0. The smallest absolute Gasteiger partial charge is 0.214 e. The standard InChI is InChI=1S/C28H37N4O.HI/c1-6-31(7-2)24-15-13-22(28(21-24)33-5)12-14-23-20-27(32-18-16-29(3)17-19-32)25-10-8-9-11-26(25)30(23)4;/h8-15,20-21H,6-7,16-19H2,1-5H3;1H/q+1;/p-1. The first kappa shape index (κ1) is 26.3. The predicted molar refractivity (Wildman–Crippen MR) is 140 cm³/mol. The second kappa shape index (κ2) is 11.9. The fourth-order valence-corrected chi connectivity index (χ4v) is 4.70. The van der Waals surface area contributed by atoms with Gasteiger partial charge in [-0.05, 0) is 45.2 Å². The molecule has 1 aliphatic heterocycles. The van der Waals surface area contributed by atoms with Gasteiger partial charge in [-0.25, -0.2) is 0 Å². The van der Waals surface area contributed by atoms with E-state index in [0.717, 1.165) is 50.6 Å². The van der Waals surface area contributed by atoms with Crippen LogP contribution in [0.3, 0.4) is 0 Å². The number of piperazine rings is 1. The van der Waals surface area contributed by atoms with Crippen LogP contribution in [0.15, 0.2) is 48.5 Å². The maximum absolute atomic E-state index is 5.75. The number of halogens is 1. The van der Waals surface area contributed by atoms with Crippen LogP contribution in [0.1, 0.15) is 25.1 Å². The fraction of sp³-hybridized carbons (Fsp3) is 0.393. The van der Waals surface area contributed by atoms with Crippen LogP contribution in [0.25, 0.3) is 23.1 Å². The summed E-state index contributed by atoms with van der Waals surface area (Å²) in [5.41, 5.74) is 6.03. The number of anilines is 2. The van der Waals surface area contributed by atoms with Crippen LogP contribution < -0.4 is 43.1 Å². The number of para-hydroxylation sites is 1. The Bertz CT molecular complexity index is 1130. The number of methoxy groups -OCH3 is 1. The zero-order valence-corrected chi connectivity index (χ0v) is 23.2. The van der Waals surface area contributed by atoms with Crippen molar-refractivity contribution in [2.24, 2.45) is 7.05 Å². The Morgan fingerprint density at radius 1 is 0.971 bits per heavy atom. The molecule has 0 spiro atoms. The monoisotopic (exact) mass is 572 g/mol. The number of pyridine rings is 1. The van der Waals surface area contributed by atoms with E-state index in [0.29, 0.717) is 0 Å². The van der Waals surface area contributed by atoms with Crippen molar-refractivity contribution in [2.75, 3.05) is 63.2 Å². The van der Waals surface area contributed by atoms with Gasteiger partial charge in [0.05, 0.1) is 18.2 Å². The highest BCUT2D eigenvalue weighted by Gasteiger charge is 2.21. The molecule has 2 heterocycles. The van der Waals surface area contributed by atoms with Gasteiger partial charge in [0, 0.05) is 74.8 Å². The summed E-state index contributed by atoms with van der Waals surface area (Å²) in [6.07, 6.45) is 4.38. The van der Waals surface area contributed by atoms with Gasteiger partial charge in [0.2, 0.25) is 11.2 Å². The molecule has 6 heteroatoms. The maximum atomic E-state index is 5.75. The molecule has 1 aliphatic rings. The van der Waals surface area contributed by atoms with Crippen LogP contribution in [0.2, 0.25) is 0 Å². The van der Waals surface area contributed by atoms with Gasteiger partial charge in [-0.1, -0.05) is 12.1 Å². The van der Waals surface area contributed by atoms with Crippen molar-refractivity contribution in [2.45, 2.75) is 13.8 Å². The van der Waals surface area contributed by atoms with Crippen molar-refractivity contribution >= 4 is 34.4 Å². The molecule has 34 heavy (non-hydrogen) atoms. The lowest BCUT2D eigenvalue weighted by atomic mass is 10.1. The summed E-state index contributed by atoms with van der Waals surface area (Å²) in [7, 11) is 6.10. The normalized spacial score (nSPS) is 14.4. The zero-order chi connectivity index (χ0) is 23.4. The largest absolute Gasteiger partial charge is 1.00 e. The number of aromatic nitrogens is 1. The molecule has 0 amide bonds. The number of ether oxygens (including phenoxy) is 1. The molecule has 0 radical (unpaired) electrons. The molecule has 5 nitrogen and oxygen atoms in total. The molecule has 3 aromatic rings. The molecule has 1 fully saturated rings. The van der Waals surface area contributed by atoms with Gasteiger partial charge in [-0.2, -0.15) is 4.57 Å². The van der Waals surface area contributed by atoms with Crippen LogP contribution in [-0.4, -0.2) is 58.3 Å². The first-order chi connectivity index (χ1) is 16.0. The van der Waals surface area contributed by atoms with Gasteiger partial charge >= 0.3 is 0 Å². The van der Waals surface area contributed by atoms with Gasteiger partial charge < -0.3 is 43.4 Å². The summed E-state index contributed by atoms with van der Waals surface area (Å²) in [4.78, 5) is 7.26. The molecular formula is C28H37IN4O. The number of aryl methyl sites for hydroxylation is 1. The topological polar surface area (TPSA) is 22.8 Å². The second-order valence-corrected chi connectivity index (χ2v) is 8.75. The van der Waals surface area contributed by atoms with Crippen molar-refractivity contribution in [3.05, 3.63) is 59.8 Å². The fourth-order valence-electron chi connectivity index (χ4n) is 4.70. The Hall–Kier alpha value is -2.32. The minimum absolute atomic E-state index is 0. The Balaban J connectivity index is 0.00000324. The Kier molecular flexibility index (Phi) is 9.19. The minimum Gasteiger partial charge on any atom is -1.00 e. The van der Waals surface area contributed by atoms with E-state index < -0.39 is 0 Å². The summed E-state index contributed by atoms with van der Waals surface area (Å²) in [6.45, 7) is 10.6. The van der Waals surface area contributed by atoms with Gasteiger partial charge in [-0.3, -0.25) is 0 Å². The first-order valence-corrected chi connectivity index (χ1v) is 12.0. The van der Waals surface area contributed by atoms with Gasteiger partial charge in [0.25, 0.3) is 0 Å². The molecule has 1 aromatic heterocycles. The van der Waals surface area contributed by atoms with Gasteiger partial charge in [0.1, 0.15) is 12.8 Å². The Morgan fingerprint density at radius 3 is 2.35 bits per heavy atom. The van der Waals surface area contributed by atoms with E-state index in [9.17, 15) is 0 Å². The highest BCUT2D eigenvalue weighted by molar-refractivity contribution is 5.91. The number of likely N-dealkylation sites (N-methyl/N-ethyl adjacent to an activating group) is 1. The molecule has 0 unspecified atom stereocenters. The number of hydrogen-bond acceptors (Lipinski definition) is 4. The molecule has 1 saturated heterocycles. The van der Waals surface area contributed by atoms with E-state index in [4.69, 9.17) is 4.74 Å². The summed E-state index contributed by atoms with van der Waals surface area (Å²) < 4.78 is 8.03. The lowest BCUT2D eigenvalue weighted by molar-refractivity contribution is -0.646. The molecule has 0 saturated carbocycles. The van der Waals surface area contributed by atoms with E-state index >= 15 is 0 Å². The number of fused-ring (bicyclic) bond motifs is 1. The molecule has 2 aromatic carbocycles. The predicted octanol–water partition coefficient (Wildman–Crippen LogP) is 1.45. The van der Waals surface area contributed by atoms with E-state index in [-0.39, 0.29) is 24.0 Å². The third-order valence-electron chi connectivity index (χ3n) is 6.84. The molecule has 0 atom stereocenters. The molecule has 0 aliphatic carbocycles. The third-order valence-corrected chi connectivity index (χ3v) is 6.84. The molecule has 182 valence electrons. The number of benzene rings is 2. The van der Waals surface area contributed by atoms with Crippen LogP contribution in [0.4, 0.5) is 11.4 Å². The van der Waals surface area contributed by atoms with Crippen LogP contribution in [-0.2, 0) is 7.05 Å². The molecule has 0 bridgehead atoms. The average Bonchev–Trinajstić information content (AvgIpc) is 2.85. The third kappa shape index (κ3) is 5.49. The van der Waals surface area contributed by atoms with Gasteiger partial charge in [0.15, 0.2) is 0 Å². The summed E-state index contributed by atoms with van der Waals surface area (Å²) in [5, 5.41) is 1.31. The quantitative estimate of drug-likeness (QED) is 0.316. The summed E-state index contributed by atoms with van der Waals surface area (Å²) in [5.74, 6) is 0.901. The zero-order valence-electron chi connectivity index (χ0n) is 21.1. The van der Waals surface area contributed by atoms with Crippen LogP contribution in [0, 0.1) is 0 Å². The summed E-state index contributed by atoms with van der Waals surface area (Å²) in [6, 6.07) is 17.5. The number of nitrogens with zero attached hydrogens (tertiary/aromatic N) is 4. The van der Waals surface area contributed by atoms with Crippen LogP contribution >= 0.6 is 0 Å². The van der Waals surface area contributed by atoms with E-state index in [2.05, 4.69) is 108 Å². The number of hydrogen-bond donors (Lipinski definition) is 0. The molecule has 0 N–H and O–H groups in total. The van der Waals surface area contributed by atoms with E-state index in [1.807, 2.05) is 0 Å². The summed E-state index contributed by atoms with van der Waals surface area (Å²) >= 11 is 0. The van der Waals surface area contributed by atoms with Crippen molar-refractivity contribution in [1.82, 2.24) is 4.90 Å². The van der Waals surface area contributed by atoms with Crippen molar-refractivity contribution in [1.29, 1.82) is 0 Å². The SMILES string of the molecule is CCN(CC)c1ccc(/C=C/c2cc(N3CCN(C)CC3)c3ccccc3[n+]2C)c(OC)c1.[I-]. The van der Waals surface area contributed by atoms with E-state index in [1.165, 1.54) is 28.0 Å². The van der Waals surface area contributed by atoms with Crippen LogP contribution in [0.5, 0.6) is 5.75 Å². The second-order valence-electron chi connectivity index (χ2n) is 8.75. The number of rotatable bonds is 7. The Labute approximate surface area is 221 Å². The lowest BCUT2D eigenvalue weighted by Gasteiger charge is -2.34. The van der Waals surface area contributed by atoms with Crippen molar-refractivity contribution < 1.29 is 33.3 Å². The lowest BCUT2D eigenvalue weighted by Crippen LogP contribution is -3.00.